The van der Waals surface area contributed by atoms with Gasteiger partial charge in [0.2, 0.25) is 0 Å². The molecule has 0 fully saturated rings. The number of nitrogens with zero attached hydrogens (tertiary/aromatic N) is 1. The summed E-state index contributed by atoms with van der Waals surface area (Å²) in [6.45, 7) is 3.51. The van der Waals surface area contributed by atoms with E-state index in [1.807, 2.05) is 0 Å². The number of carbonyl (C=O) groups excluding carboxylic acids is 2. The van der Waals surface area contributed by atoms with Gasteiger partial charge in [-0.2, -0.15) is 13.2 Å². The van der Waals surface area contributed by atoms with E-state index >= 15 is 0 Å². The maximum Gasteiger partial charge on any atom is 0.416 e. The summed E-state index contributed by atoms with van der Waals surface area (Å²) >= 11 is 0. The molecule has 0 saturated carbocycles. The second kappa shape index (κ2) is 9.29. The van der Waals surface area contributed by atoms with E-state index in [0.29, 0.717) is 33.5 Å². The summed E-state index contributed by atoms with van der Waals surface area (Å²) in [6, 6.07) is 17.4. The summed E-state index contributed by atoms with van der Waals surface area (Å²) < 4.78 is 47.4. The molecule has 0 atom stereocenters. The van der Waals surface area contributed by atoms with E-state index < -0.39 is 23.6 Å². The minimum absolute atomic E-state index is 0.0797. The first-order valence-corrected chi connectivity index (χ1v) is 11.0. The van der Waals surface area contributed by atoms with Crippen LogP contribution in [0.2, 0.25) is 0 Å². The van der Waals surface area contributed by atoms with Crippen LogP contribution in [-0.4, -0.2) is 23.1 Å². The van der Waals surface area contributed by atoms with E-state index in [2.05, 4.69) is 5.32 Å². The Morgan fingerprint density at radius 1 is 1.00 bits per heavy atom. The SMILES string of the molecule is CCOC(=O)c1cc2cc(NC(=O)c3cc(C(F)(F)F)cc(C)c3-c3ccccc3)ccc2n1C. The lowest BCUT2D eigenvalue weighted by atomic mass is 9.92. The molecule has 1 aromatic heterocycles. The van der Waals surface area contributed by atoms with E-state index in [1.54, 1.807) is 80.1 Å². The number of hydrogen-bond acceptors (Lipinski definition) is 3. The highest BCUT2D eigenvalue weighted by atomic mass is 19.4. The Labute approximate surface area is 200 Å². The van der Waals surface area contributed by atoms with E-state index in [1.165, 1.54) is 0 Å². The van der Waals surface area contributed by atoms with Crippen molar-refractivity contribution in [3.05, 3.63) is 89.1 Å². The van der Waals surface area contributed by atoms with Gasteiger partial charge in [0, 0.05) is 29.2 Å². The molecule has 180 valence electrons. The van der Waals surface area contributed by atoms with Crippen LogP contribution < -0.4 is 5.32 Å². The molecule has 1 amide bonds. The number of halogens is 3. The lowest BCUT2D eigenvalue weighted by Crippen LogP contribution is -2.16. The number of amides is 1. The zero-order valence-electron chi connectivity index (χ0n) is 19.4. The predicted octanol–water partition coefficient (Wildman–Crippen LogP) is 6.60. The molecule has 35 heavy (non-hydrogen) atoms. The van der Waals surface area contributed by atoms with Crippen LogP contribution in [0.25, 0.3) is 22.0 Å². The van der Waals surface area contributed by atoms with Crippen molar-refractivity contribution in [1.29, 1.82) is 0 Å². The van der Waals surface area contributed by atoms with Crippen molar-refractivity contribution >= 4 is 28.5 Å². The molecule has 8 heteroatoms. The van der Waals surface area contributed by atoms with Crippen molar-refractivity contribution in [3.63, 3.8) is 0 Å². The molecule has 0 radical (unpaired) electrons. The number of ether oxygens (including phenoxy) is 1. The zero-order chi connectivity index (χ0) is 25.3. The monoisotopic (exact) mass is 480 g/mol. The number of aryl methyl sites for hydroxylation is 2. The van der Waals surface area contributed by atoms with Gasteiger partial charge >= 0.3 is 12.1 Å². The summed E-state index contributed by atoms with van der Waals surface area (Å²) in [5.74, 6) is -1.14. The van der Waals surface area contributed by atoms with E-state index in [0.717, 1.165) is 17.6 Å². The number of alkyl halides is 3. The van der Waals surface area contributed by atoms with Gasteiger partial charge in [-0.3, -0.25) is 4.79 Å². The molecule has 1 heterocycles. The zero-order valence-corrected chi connectivity index (χ0v) is 19.4. The predicted molar refractivity (Wildman–Crippen MR) is 128 cm³/mol. The summed E-state index contributed by atoms with van der Waals surface area (Å²) in [6.07, 6.45) is -4.60. The maximum atomic E-state index is 13.5. The molecule has 4 rings (SSSR count). The van der Waals surface area contributed by atoms with Crippen LogP contribution in [0.15, 0.2) is 66.7 Å². The molecule has 0 bridgehead atoms. The highest BCUT2D eigenvalue weighted by molar-refractivity contribution is 6.10. The van der Waals surface area contributed by atoms with Crippen molar-refractivity contribution in [3.8, 4) is 11.1 Å². The smallest absolute Gasteiger partial charge is 0.416 e. The Balaban J connectivity index is 1.75. The van der Waals surface area contributed by atoms with Crippen molar-refractivity contribution in [2.75, 3.05) is 11.9 Å². The van der Waals surface area contributed by atoms with Gasteiger partial charge in [0.1, 0.15) is 5.69 Å². The van der Waals surface area contributed by atoms with Crippen LogP contribution in [0.5, 0.6) is 0 Å². The minimum Gasteiger partial charge on any atom is -0.461 e. The van der Waals surface area contributed by atoms with Crippen LogP contribution in [-0.2, 0) is 18.0 Å². The molecule has 0 aliphatic heterocycles. The van der Waals surface area contributed by atoms with Crippen molar-refractivity contribution < 1.29 is 27.5 Å². The summed E-state index contributed by atoms with van der Waals surface area (Å²) in [5.41, 5.74) is 1.92. The first-order valence-electron chi connectivity index (χ1n) is 11.0. The van der Waals surface area contributed by atoms with Crippen LogP contribution >= 0.6 is 0 Å². The highest BCUT2D eigenvalue weighted by Gasteiger charge is 2.33. The molecule has 0 unspecified atom stereocenters. The molecule has 0 aliphatic carbocycles. The van der Waals surface area contributed by atoms with Crippen molar-refractivity contribution in [1.82, 2.24) is 4.57 Å². The number of esters is 1. The van der Waals surface area contributed by atoms with Crippen LogP contribution in [0.4, 0.5) is 18.9 Å². The molecular weight excluding hydrogens is 457 g/mol. The van der Waals surface area contributed by atoms with Gasteiger partial charge in [0.25, 0.3) is 5.91 Å². The number of hydrogen-bond donors (Lipinski definition) is 1. The normalized spacial score (nSPS) is 11.5. The summed E-state index contributed by atoms with van der Waals surface area (Å²) in [7, 11) is 1.73. The molecular formula is C27H23F3N2O3. The third-order valence-electron chi connectivity index (χ3n) is 5.75. The van der Waals surface area contributed by atoms with E-state index in [9.17, 15) is 22.8 Å². The molecule has 3 aromatic carbocycles. The fourth-order valence-electron chi connectivity index (χ4n) is 4.14. The van der Waals surface area contributed by atoms with Crippen LogP contribution in [0.1, 0.15) is 38.9 Å². The quantitative estimate of drug-likeness (QED) is 0.327. The molecule has 5 nitrogen and oxygen atoms in total. The lowest BCUT2D eigenvalue weighted by Gasteiger charge is -2.17. The van der Waals surface area contributed by atoms with Gasteiger partial charge in [-0.15, -0.1) is 0 Å². The highest BCUT2D eigenvalue weighted by Crippen LogP contribution is 2.36. The number of carbonyl (C=O) groups is 2. The largest absolute Gasteiger partial charge is 0.461 e. The number of nitrogens with one attached hydrogen (secondary N) is 1. The van der Waals surface area contributed by atoms with Gasteiger partial charge in [-0.05, 0) is 66.9 Å². The first kappa shape index (κ1) is 24.1. The summed E-state index contributed by atoms with van der Waals surface area (Å²) in [5, 5.41) is 3.40. The standard InChI is InChI=1S/C27H23F3N2O3/c1-4-35-26(34)23-14-18-13-20(10-11-22(18)32(23)3)31-25(33)21-15-19(27(28,29)30)12-16(2)24(21)17-8-6-5-7-9-17/h5-15H,4H2,1-3H3,(H,31,33). The van der Waals surface area contributed by atoms with Crippen molar-refractivity contribution in [2.45, 2.75) is 20.0 Å². The van der Waals surface area contributed by atoms with E-state index in [-0.39, 0.29) is 12.2 Å². The topological polar surface area (TPSA) is 60.3 Å². The van der Waals surface area contributed by atoms with Crippen LogP contribution in [0, 0.1) is 6.92 Å². The minimum atomic E-state index is -4.60. The molecule has 0 saturated heterocycles. The lowest BCUT2D eigenvalue weighted by molar-refractivity contribution is -0.137. The number of aromatic nitrogens is 1. The van der Waals surface area contributed by atoms with Gasteiger partial charge in [-0.25, -0.2) is 4.79 Å². The van der Waals surface area contributed by atoms with Crippen molar-refractivity contribution in [2.24, 2.45) is 7.05 Å². The molecule has 0 spiro atoms. The van der Waals surface area contributed by atoms with Crippen LogP contribution in [0.3, 0.4) is 0 Å². The Morgan fingerprint density at radius 3 is 2.37 bits per heavy atom. The van der Waals surface area contributed by atoms with Gasteiger partial charge in [0.15, 0.2) is 0 Å². The molecule has 0 aliphatic rings. The van der Waals surface area contributed by atoms with E-state index in [4.69, 9.17) is 4.74 Å². The fraction of sp³-hybridized carbons (Fsp3) is 0.185. The number of anilines is 1. The number of benzene rings is 3. The second-order valence-corrected chi connectivity index (χ2v) is 8.12. The number of rotatable bonds is 5. The fourth-order valence-corrected chi connectivity index (χ4v) is 4.14. The van der Waals surface area contributed by atoms with Gasteiger partial charge < -0.3 is 14.6 Å². The Bertz CT molecular complexity index is 1420. The Morgan fingerprint density at radius 2 is 1.71 bits per heavy atom. The van der Waals surface area contributed by atoms with Gasteiger partial charge in [0.05, 0.1) is 12.2 Å². The Hall–Kier alpha value is -4.07. The molecule has 4 aromatic rings. The Kier molecular flexibility index (Phi) is 6.39. The maximum absolute atomic E-state index is 13.5. The average molecular weight is 480 g/mol. The molecule has 1 N–H and O–H groups in total. The number of fused-ring (bicyclic) bond motifs is 1. The first-order chi connectivity index (χ1) is 16.6. The second-order valence-electron chi connectivity index (χ2n) is 8.12. The third-order valence-corrected chi connectivity index (χ3v) is 5.75. The third kappa shape index (κ3) is 4.77. The summed E-state index contributed by atoms with van der Waals surface area (Å²) in [4.78, 5) is 25.5. The van der Waals surface area contributed by atoms with Gasteiger partial charge in [-0.1, -0.05) is 30.3 Å². The average Bonchev–Trinajstić information content (AvgIpc) is 3.14.